The van der Waals surface area contributed by atoms with Crippen molar-refractivity contribution in [2.75, 3.05) is 12.0 Å². The Balaban J connectivity index is 0.000000671. The molecule has 0 aliphatic carbocycles. The van der Waals surface area contributed by atoms with Crippen LogP contribution in [0.1, 0.15) is 25.1 Å². The molecular formula is C11H19NS. The van der Waals surface area contributed by atoms with E-state index in [4.69, 9.17) is 0 Å². The first-order valence-electron chi connectivity index (χ1n) is 4.74. The summed E-state index contributed by atoms with van der Waals surface area (Å²) in [5.74, 6) is 1.16. The van der Waals surface area contributed by atoms with E-state index in [1.807, 2.05) is 37.9 Å². The minimum absolute atomic E-state index is 1.09. The zero-order chi connectivity index (χ0) is 10.1. The fraction of sp³-hybridized carbons (Fsp3) is 0.545. The standard InChI is InChI=1S/C9H13NS.C2H6/c1-8-4-3-6-10-9(8)5-7-11-2;1-2/h3-4,6H,5,7H2,1-2H3;1-2H3. The number of aromatic nitrogens is 1. The van der Waals surface area contributed by atoms with Crippen molar-refractivity contribution >= 4 is 11.8 Å². The van der Waals surface area contributed by atoms with Crippen LogP contribution >= 0.6 is 11.8 Å². The van der Waals surface area contributed by atoms with E-state index in [1.165, 1.54) is 11.3 Å². The molecule has 2 heteroatoms. The summed E-state index contributed by atoms with van der Waals surface area (Å²) < 4.78 is 0. The number of hydrogen-bond acceptors (Lipinski definition) is 2. The molecule has 0 spiro atoms. The molecule has 0 saturated heterocycles. The van der Waals surface area contributed by atoms with E-state index in [2.05, 4.69) is 24.2 Å². The quantitative estimate of drug-likeness (QED) is 0.737. The van der Waals surface area contributed by atoms with Gasteiger partial charge in [0.1, 0.15) is 0 Å². The van der Waals surface area contributed by atoms with Crippen LogP contribution in [0.25, 0.3) is 0 Å². The molecule has 1 aromatic rings. The average Bonchev–Trinajstić information content (AvgIpc) is 2.20. The maximum Gasteiger partial charge on any atom is 0.0440 e. The highest BCUT2D eigenvalue weighted by Gasteiger charge is 1.96. The van der Waals surface area contributed by atoms with E-state index in [-0.39, 0.29) is 0 Å². The van der Waals surface area contributed by atoms with Gasteiger partial charge in [-0.05, 0) is 37.0 Å². The Hall–Kier alpha value is -0.500. The van der Waals surface area contributed by atoms with Gasteiger partial charge in [-0.2, -0.15) is 11.8 Å². The molecule has 13 heavy (non-hydrogen) atoms. The van der Waals surface area contributed by atoms with Gasteiger partial charge < -0.3 is 0 Å². The highest BCUT2D eigenvalue weighted by Crippen LogP contribution is 2.06. The van der Waals surface area contributed by atoms with Crippen LogP contribution in [0.2, 0.25) is 0 Å². The zero-order valence-corrected chi connectivity index (χ0v) is 9.82. The van der Waals surface area contributed by atoms with E-state index >= 15 is 0 Å². The second kappa shape index (κ2) is 8.11. The van der Waals surface area contributed by atoms with Gasteiger partial charge in [-0.15, -0.1) is 0 Å². The van der Waals surface area contributed by atoms with Gasteiger partial charge in [0, 0.05) is 11.9 Å². The Morgan fingerprint density at radius 2 is 2.08 bits per heavy atom. The number of aryl methyl sites for hydroxylation is 2. The smallest absolute Gasteiger partial charge is 0.0440 e. The molecule has 0 aromatic carbocycles. The third kappa shape index (κ3) is 4.94. The second-order valence-corrected chi connectivity index (χ2v) is 3.50. The molecule has 0 N–H and O–H groups in total. The van der Waals surface area contributed by atoms with E-state index in [9.17, 15) is 0 Å². The first-order valence-corrected chi connectivity index (χ1v) is 6.13. The molecule has 0 amide bonds. The third-order valence-corrected chi connectivity index (χ3v) is 2.27. The van der Waals surface area contributed by atoms with Crippen LogP contribution in [-0.4, -0.2) is 17.0 Å². The Labute approximate surface area is 86.0 Å². The molecule has 1 rings (SSSR count). The number of nitrogens with zero attached hydrogens (tertiary/aromatic N) is 1. The van der Waals surface area contributed by atoms with Gasteiger partial charge >= 0.3 is 0 Å². The number of thioether (sulfide) groups is 1. The summed E-state index contributed by atoms with van der Waals surface area (Å²) in [5.41, 5.74) is 2.54. The fourth-order valence-electron chi connectivity index (χ4n) is 0.979. The van der Waals surface area contributed by atoms with Crippen LogP contribution in [0.15, 0.2) is 18.3 Å². The minimum Gasteiger partial charge on any atom is -0.261 e. The average molecular weight is 197 g/mol. The van der Waals surface area contributed by atoms with E-state index in [0.29, 0.717) is 0 Å². The fourth-order valence-corrected chi connectivity index (χ4v) is 1.38. The minimum atomic E-state index is 1.09. The van der Waals surface area contributed by atoms with Gasteiger partial charge in [0.25, 0.3) is 0 Å². The molecular weight excluding hydrogens is 178 g/mol. The van der Waals surface area contributed by atoms with Crippen molar-refractivity contribution in [3.8, 4) is 0 Å². The molecule has 0 fully saturated rings. The molecule has 0 atom stereocenters. The van der Waals surface area contributed by atoms with Gasteiger partial charge in [-0.1, -0.05) is 19.9 Å². The summed E-state index contributed by atoms with van der Waals surface area (Å²) in [6.07, 6.45) is 5.08. The Kier molecular flexibility index (Phi) is 7.80. The topological polar surface area (TPSA) is 12.9 Å². The van der Waals surface area contributed by atoms with Crippen molar-refractivity contribution in [1.82, 2.24) is 4.98 Å². The molecule has 1 heterocycles. The maximum atomic E-state index is 4.30. The molecule has 1 aromatic heterocycles. The van der Waals surface area contributed by atoms with E-state index < -0.39 is 0 Å². The molecule has 0 radical (unpaired) electrons. The third-order valence-electron chi connectivity index (χ3n) is 1.66. The highest BCUT2D eigenvalue weighted by molar-refractivity contribution is 7.98. The van der Waals surface area contributed by atoms with Crippen LogP contribution in [0.3, 0.4) is 0 Å². The van der Waals surface area contributed by atoms with Crippen molar-refractivity contribution in [1.29, 1.82) is 0 Å². The SMILES string of the molecule is CC.CSCCc1ncccc1C. The number of hydrogen-bond donors (Lipinski definition) is 0. The first kappa shape index (κ1) is 12.5. The summed E-state index contributed by atoms with van der Waals surface area (Å²) in [6, 6.07) is 4.10. The highest BCUT2D eigenvalue weighted by atomic mass is 32.2. The molecule has 74 valence electrons. The lowest BCUT2D eigenvalue weighted by Gasteiger charge is -2.01. The summed E-state index contributed by atoms with van der Waals surface area (Å²) in [7, 11) is 0. The number of pyridine rings is 1. The van der Waals surface area contributed by atoms with Gasteiger partial charge in [-0.3, -0.25) is 4.98 Å². The van der Waals surface area contributed by atoms with Crippen LogP contribution in [0, 0.1) is 6.92 Å². The maximum absolute atomic E-state index is 4.30. The van der Waals surface area contributed by atoms with E-state index in [1.54, 1.807) is 0 Å². The van der Waals surface area contributed by atoms with E-state index in [0.717, 1.165) is 12.2 Å². The van der Waals surface area contributed by atoms with Gasteiger partial charge in [0.05, 0.1) is 0 Å². The Morgan fingerprint density at radius 3 is 2.62 bits per heavy atom. The number of rotatable bonds is 3. The Morgan fingerprint density at radius 1 is 1.38 bits per heavy atom. The van der Waals surface area contributed by atoms with Crippen LogP contribution < -0.4 is 0 Å². The van der Waals surface area contributed by atoms with Gasteiger partial charge in [-0.25, -0.2) is 0 Å². The monoisotopic (exact) mass is 197 g/mol. The van der Waals surface area contributed by atoms with Crippen molar-refractivity contribution in [3.05, 3.63) is 29.6 Å². The lowest BCUT2D eigenvalue weighted by molar-refractivity contribution is 1.02. The van der Waals surface area contributed by atoms with Crippen LogP contribution in [-0.2, 0) is 6.42 Å². The normalized spacial score (nSPS) is 8.92. The molecule has 1 nitrogen and oxygen atoms in total. The van der Waals surface area contributed by atoms with Gasteiger partial charge in [0.15, 0.2) is 0 Å². The molecule has 0 bridgehead atoms. The van der Waals surface area contributed by atoms with Crippen molar-refractivity contribution in [3.63, 3.8) is 0 Å². The lowest BCUT2D eigenvalue weighted by Crippen LogP contribution is -1.94. The van der Waals surface area contributed by atoms with Crippen molar-refractivity contribution in [2.24, 2.45) is 0 Å². The molecule has 0 aliphatic rings. The molecule has 0 aliphatic heterocycles. The summed E-state index contributed by atoms with van der Waals surface area (Å²) in [4.78, 5) is 4.30. The largest absolute Gasteiger partial charge is 0.261 e. The van der Waals surface area contributed by atoms with Gasteiger partial charge in [0.2, 0.25) is 0 Å². The predicted molar refractivity (Wildman–Crippen MR) is 62.4 cm³/mol. The molecule has 0 saturated carbocycles. The second-order valence-electron chi connectivity index (χ2n) is 2.51. The summed E-state index contributed by atoms with van der Waals surface area (Å²) in [6.45, 7) is 6.11. The lowest BCUT2D eigenvalue weighted by atomic mass is 10.2. The first-order chi connectivity index (χ1) is 6.34. The summed E-state index contributed by atoms with van der Waals surface area (Å²) >= 11 is 1.87. The summed E-state index contributed by atoms with van der Waals surface area (Å²) in [5, 5.41) is 0. The molecule has 0 unspecified atom stereocenters. The van der Waals surface area contributed by atoms with Crippen LogP contribution in [0.5, 0.6) is 0 Å². The zero-order valence-electron chi connectivity index (χ0n) is 9.00. The van der Waals surface area contributed by atoms with Crippen molar-refractivity contribution in [2.45, 2.75) is 27.2 Å². The van der Waals surface area contributed by atoms with Crippen molar-refractivity contribution < 1.29 is 0 Å². The van der Waals surface area contributed by atoms with Crippen LogP contribution in [0.4, 0.5) is 0 Å². The Bertz CT molecular complexity index is 223. The predicted octanol–water partition coefficient (Wildman–Crippen LogP) is 3.32.